The Morgan fingerprint density at radius 3 is 2.47 bits per heavy atom. The number of aliphatic carboxylic acids is 1. The second-order valence-electron chi connectivity index (χ2n) is 5.97. The van der Waals surface area contributed by atoms with E-state index in [9.17, 15) is 9.59 Å². The summed E-state index contributed by atoms with van der Waals surface area (Å²) in [5.74, 6) is -0.169. The van der Waals surface area contributed by atoms with Crippen molar-refractivity contribution in [3.63, 3.8) is 0 Å². The Morgan fingerprint density at radius 2 is 2.00 bits per heavy atom. The Hall–Kier alpha value is -1.10. The van der Waals surface area contributed by atoms with Crippen LogP contribution in [0.1, 0.15) is 52.4 Å². The van der Waals surface area contributed by atoms with Gasteiger partial charge in [0.05, 0.1) is 5.41 Å². The standard InChI is InChI=1S/C14H26N2O3/c1-10-5-7-14(9-15,8-6-10)13(19)16-11(2)3-4-12(17)18/h10-11H,3-9,15H2,1-2H3,(H,16,19)(H,17,18). The van der Waals surface area contributed by atoms with E-state index < -0.39 is 11.4 Å². The van der Waals surface area contributed by atoms with E-state index in [0.717, 1.165) is 25.7 Å². The van der Waals surface area contributed by atoms with Gasteiger partial charge in [-0.3, -0.25) is 9.59 Å². The molecule has 4 N–H and O–H groups in total. The monoisotopic (exact) mass is 270 g/mol. The largest absolute Gasteiger partial charge is 0.481 e. The van der Waals surface area contributed by atoms with Crippen LogP contribution in [-0.2, 0) is 9.59 Å². The normalized spacial score (nSPS) is 28.7. The molecule has 1 aliphatic rings. The van der Waals surface area contributed by atoms with Gasteiger partial charge >= 0.3 is 5.97 Å². The smallest absolute Gasteiger partial charge is 0.303 e. The minimum atomic E-state index is -0.832. The fourth-order valence-electron chi connectivity index (χ4n) is 2.63. The van der Waals surface area contributed by atoms with E-state index in [4.69, 9.17) is 10.8 Å². The Balaban J connectivity index is 2.52. The molecule has 1 unspecified atom stereocenters. The number of amides is 1. The highest BCUT2D eigenvalue weighted by Crippen LogP contribution is 2.38. The molecule has 0 bridgehead atoms. The van der Waals surface area contributed by atoms with Crippen LogP contribution in [0.25, 0.3) is 0 Å². The van der Waals surface area contributed by atoms with Gasteiger partial charge in [0.1, 0.15) is 0 Å². The van der Waals surface area contributed by atoms with Gasteiger partial charge in [-0.1, -0.05) is 6.92 Å². The van der Waals surface area contributed by atoms with Crippen molar-refractivity contribution in [3.8, 4) is 0 Å². The molecule has 1 saturated carbocycles. The molecule has 0 aromatic carbocycles. The quantitative estimate of drug-likeness (QED) is 0.682. The molecule has 5 heteroatoms. The van der Waals surface area contributed by atoms with Crippen LogP contribution in [-0.4, -0.2) is 29.6 Å². The maximum Gasteiger partial charge on any atom is 0.303 e. The highest BCUT2D eigenvalue weighted by atomic mass is 16.4. The van der Waals surface area contributed by atoms with Crippen molar-refractivity contribution in [3.05, 3.63) is 0 Å². The third-order valence-electron chi connectivity index (χ3n) is 4.27. The van der Waals surface area contributed by atoms with Crippen LogP contribution in [0.3, 0.4) is 0 Å². The van der Waals surface area contributed by atoms with Crippen molar-refractivity contribution in [2.75, 3.05) is 6.54 Å². The summed E-state index contributed by atoms with van der Waals surface area (Å²) >= 11 is 0. The fourth-order valence-corrected chi connectivity index (χ4v) is 2.63. The van der Waals surface area contributed by atoms with Gasteiger partial charge in [-0.15, -0.1) is 0 Å². The van der Waals surface area contributed by atoms with Crippen molar-refractivity contribution >= 4 is 11.9 Å². The first kappa shape index (κ1) is 16.0. The number of carbonyl (C=O) groups excluding carboxylic acids is 1. The number of carboxylic acids is 1. The van der Waals surface area contributed by atoms with E-state index in [0.29, 0.717) is 18.9 Å². The molecule has 1 atom stereocenters. The predicted octanol–water partition coefficient (Wildman–Crippen LogP) is 1.51. The Labute approximate surface area is 114 Å². The molecule has 0 radical (unpaired) electrons. The number of nitrogens with one attached hydrogen (secondary N) is 1. The molecule has 5 nitrogen and oxygen atoms in total. The summed E-state index contributed by atoms with van der Waals surface area (Å²) in [6.07, 6.45) is 4.28. The number of hydrogen-bond donors (Lipinski definition) is 3. The van der Waals surface area contributed by atoms with Gasteiger partial charge in [0.2, 0.25) is 5.91 Å². The fraction of sp³-hybridized carbons (Fsp3) is 0.857. The lowest BCUT2D eigenvalue weighted by molar-refractivity contribution is -0.138. The second-order valence-corrected chi connectivity index (χ2v) is 5.97. The zero-order valence-corrected chi connectivity index (χ0v) is 11.9. The summed E-state index contributed by atoms with van der Waals surface area (Å²) in [6, 6.07) is -0.119. The van der Waals surface area contributed by atoms with Crippen LogP contribution in [0, 0.1) is 11.3 Å². The first-order chi connectivity index (χ1) is 8.89. The van der Waals surface area contributed by atoms with Crippen molar-refractivity contribution in [2.45, 2.75) is 58.4 Å². The van der Waals surface area contributed by atoms with Crippen LogP contribution in [0.4, 0.5) is 0 Å². The highest BCUT2D eigenvalue weighted by molar-refractivity contribution is 5.83. The Bertz CT molecular complexity index is 323. The van der Waals surface area contributed by atoms with E-state index in [-0.39, 0.29) is 18.4 Å². The molecule has 0 aromatic rings. The minimum absolute atomic E-state index is 0.000196. The summed E-state index contributed by atoms with van der Waals surface area (Å²) in [4.78, 5) is 22.9. The summed E-state index contributed by atoms with van der Waals surface area (Å²) in [6.45, 7) is 4.42. The summed E-state index contributed by atoms with van der Waals surface area (Å²) in [7, 11) is 0. The number of carbonyl (C=O) groups is 2. The molecular formula is C14H26N2O3. The zero-order valence-electron chi connectivity index (χ0n) is 11.9. The van der Waals surface area contributed by atoms with Crippen molar-refractivity contribution in [2.24, 2.45) is 17.1 Å². The number of hydrogen-bond acceptors (Lipinski definition) is 3. The third-order valence-corrected chi connectivity index (χ3v) is 4.27. The van der Waals surface area contributed by atoms with Gasteiger partial charge in [0.25, 0.3) is 0 Å². The molecule has 1 aliphatic carbocycles. The highest BCUT2D eigenvalue weighted by Gasteiger charge is 2.40. The first-order valence-electron chi connectivity index (χ1n) is 7.12. The van der Waals surface area contributed by atoms with E-state index in [1.54, 1.807) is 0 Å². The van der Waals surface area contributed by atoms with Gasteiger partial charge < -0.3 is 16.2 Å². The maximum atomic E-state index is 12.4. The Morgan fingerprint density at radius 1 is 1.42 bits per heavy atom. The lowest BCUT2D eigenvalue weighted by Crippen LogP contribution is -2.50. The second kappa shape index (κ2) is 6.89. The van der Waals surface area contributed by atoms with Gasteiger partial charge in [-0.25, -0.2) is 0 Å². The van der Waals surface area contributed by atoms with Gasteiger partial charge in [0, 0.05) is 19.0 Å². The van der Waals surface area contributed by atoms with Crippen LogP contribution in [0.15, 0.2) is 0 Å². The molecule has 1 amide bonds. The zero-order chi connectivity index (χ0) is 14.5. The average molecular weight is 270 g/mol. The number of nitrogens with two attached hydrogens (primary N) is 1. The first-order valence-corrected chi connectivity index (χ1v) is 7.12. The topological polar surface area (TPSA) is 92.4 Å². The lowest BCUT2D eigenvalue weighted by Gasteiger charge is -2.37. The predicted molar refractivity (Wildman–Crippen MR) is 73.6 cm³/mol. The molecule has 0 aromatic heterocycles. The van der Waals surface area contributed by atoms with Crippen molar-refractivity contribution in [1.29, 1.82) is 0 Å². The average Bonchev–Trinajstić information content (AvgIpc) is 2.37. The molecule has 0 spiro atoms. The molecule has 0 saturated heterocycles. The van der Waals surface area contributed by atoms with E-state index in [1.807, 2.05) is 6.92 Å². The summed E-state index contributed by atoms with van der Waals surface area (Å²) in [5.41, 5.74) is 5.39. The van der Waals surface area contributed by atoms with Gasteiger partial charge in [-0.05, 0) is 44.9 Å². The van der Waals surface area contributed by atoms with Crippen LogP contribution < -0.4 is 11.1 Å². The molecule has 1 fully saturated rings. The van der Waals surface area contributed by atoms with E-state index >= 15 is 0 Å². The number of rotatable bonds is 6. The molecule has 0 aliphatic heterocycles. The van der Waals surface area contributed by atoms with E-state index in [1.165, 1.54) is 0 Å². The molecule has 19 heavy (non-hydrogen) atoms. The minimum Gasteiger partial charge on any atom is -0.481 e. The lowest BCUT2D eigenvalue weighted by atomic mass is 9.70. The van der Waals surface area contributed by atoms with E-state index in [2.05, 4.69) is 12.2 Å². The maximum absolute atomic E-state index is 12.4. The van der Waals surface area contributed by atoms with Crippen LogP contribution in [0.5, 0.6) is 0 Å². The molecule has 1 rings (SSSR count). The Kier molecular flexibility index (Phi) is 5.79. The van der Waals surface area contributed by atoms with Gasteiger partial charge in [0.15, 0.2) is 0 Å². The summed E-state index contributed by atoms with van der Waals surface area (Å²) < 4.78 is 0. The molecule has 0 heterocycles. The van der Waals surface area contributed by atoms with Crippen molar-refractivity contribution in [1.82, 2.24) is 5.32 Å². The summed E-state index contributed by atoms with van der Waals surface area (Å²) in [5, 5.41) is 11.6. The molecular weight excluding hydrogens is 244 g/mol. The number of carboxylic acid groups (broad SMARTS) is 1. The van der Waals surface area contributed by atoms with Gasteiger partial charge in [-0.2, -0.15) is 0 Å². The third kappa shape index (κ3) is 4.49. The van der Waals surface area contributed by atoms with Crippen molar-refractivity contribution < 1.29 is 14.7 Å². The van der Waals surface area contributed by atoms with Crippen LogP contribution in [0.2, 0.25) is 0 Å². The molecule has 110 valence electrons. The van der Waals surface area contributed by atoms with Crippen LogP contribution >= 0.6 is 0 Å². The SMILES string of the molecule is CC1CCC(CN)(C(=O)NC(C)CCC(=O)O)CC1.